The number of hydrogen-bond donors (Lipinski definition) is 2. The second-order valence-corrected chi connectivity index (χ2v) is 10.9. The summed E-state index contributed by atoms with van der Waals surface area (Å²) in [4.78, 5) is 9.18. The summed E-state index contributed by atoms with van der Waals surface area (Å²) in [5.74, 6) is 6.41. The number of hydrogen-bond acceptors (Lipinski definition) is 7. The zero-order valence-electron chi connectivity index (χ0n) is 26.1. The van der Waals surface area contributed by atoms with E-state index in [9.17, 15) is 0 Å². The predicted molar refractivity (Wildman–Crippen MR) is 191 cm³/mol. The molecule has 0 bridgehead atoms. The van der Waals surface area contributed by atoms with E-state index in [4.69, 9.17) is 20.3 Å². The highest BCUT2D eigenvalue weighted by atomic mass is 16.5. The molecule has 6 rings (SSSR count). The summed E-state index contributed by atoms with van der Waals surface area (Å²) in [6, 6.07) is 51.0. The first-order valence-electron chi connectivity index (χ1n) is 15.7. The molecule has 7 heteroatoms. The Balaban J connectivity index is 1.05. The molecule has 47 heavy (non-hydrogen) atoms. The first kappa shape index (κ1) is 31.4. The summed E-state index contributed by atoms with van der Waals surface area (Å²) < 4.78 is 12.0. The molecule has 0 unspecified atom stereocenters. The van der Waals surface area contributed by atoms with Crippen molar-refractivity contribution in [1.82, 2.24) is 10.3 Å². The molecule has 0 saturated carbocycles. The summed E-state index contributed by atoms with van der Waals surface area (Å²) in [7, 11) is 0. The second-order valence-electron chi connectivity index (χ2n) is 10.9. The van der Waals surface area contributed by atoms with E-state index < -0.39 is 5.54 Å². The van der Waals surface area contributed by atoms with Gasteiger partial charge in [-0.3, -0.25) is 10.3 Å². The Morgan fingerprint density at radius 2 is 1.28 bits per heavy atom. The van der Waals surface area contributed by atoms with Crippen LogP contribution in [0.5, 0.6) is 5.75 Å². The molecule has 3 N–H and O–H groups in total. The first-order valence-corrected chi connectivity index (χ1v) is 15.7. The van der Waals surface area contributed by atoms with Gasteiger partial charge in [0, 0.05) is 11.9 Å². The quantitative estimate of drug-likeness (QED) is 0.0440. The van der Waals surface area contributed by atoms with Crippen LogP contribution in [0.1, 0.15) is 22.4 Å². The lowest BCUT2D eigenvalue weighted by Gasteiger charge is -2.37. The summed E-state index contributed by atoms with van der Waals surface area (Å²) >= 11 is 0. The van der Waals surface area contributed by atoms with Crippen molar-refractivity contribution in [2.45, 2.75) is 5.54 Å². The number of nitrogens with zero attached hydrogens (tertiary/aromatic N) is 3. The Morgan fingerprint density at radius 1 is 0.681 bits per heavy atom. The lowest BCUT2D eigenvalue weighted by atomic mass is 9.77. The van der Waals surface area contributed by atoms with E-state index >= 15 is 0 Å². The van der Waals surface area contributed by atoms with Gasteiger partial charge in [-0.15, -0.1) is 0 Å². The highest BCUT2D eigenvalue weighted by Crippen LogP contribution is 2.36. The maximum atomic E-state index is 6.02. The zero-order valence-corrected chi connectivity index (χ0v) is 26.1. The van der Waals surface area contributed by atoms with Crippen LogP contribution >= 0.6 is 0 Å². The van der Waals surface area contributed by atoms with Gasteiger partial charge in [0.25, 0.3) is 0 Å². The van der Waals surface area contributed by atoms with Crippen molar-refractivity contribution in [3.8, 4) is 5.75 Å². The summed E-state index contributed by atoms with van der Waals surface area (Å²) in [6.07, 6.45) is 1.63. The number of hydrazone groups is 1. The molecule has 0 saturated heterocycles. The van der Waals surface area contributed by atoms with Gasteiger partial charge < -0.3 is 15.3 Å². The molecule has 0 aliphatic rings. The van der Waals surface area contributed by atoms with Gasteiger partial charge in [-0.25, -0.2) is 4.98 Å². The molecular formula is C40H37N5O2. The van der Waals surface area contributed by atoms with E-state index in [-0.39, 0.29) is 0 Å². The van der Waals surface area contributed by atoms with Gasteiger partial charge in [-0.05, 0) is 53.1 Å². The summed E-state index contributed by atoms with van der Waals surface area (Å²) in [6.45, 7) is 2.06. The SMILES string of the molecule is NN=C(C=Nc1ccccc1)c1ccc2cc(OCCOCCNC(c3ccccc3)(c3ccccc3)c3ccccc3)ccc2n1. The fourth-order valence-corrected chi connectivity index (χ4v) is 5.65. The van der Waals surface area contributed by atoms with E-state index in [1.807, 2.05) is 78.9 Å². The highest BCUT2D eigenvalue weighted by molar-refractivity contribution is 6.38. The van der Waals surface area contributed by atoms with Crippen LogP contribution < -0.4 is 15.9 Å². The maximum Gasteiger partial charge on any atom is 0.127 e. The number of aromatic nitrogens is 1. The van der Waals surface area contributed by atoms with Crippen molar-refractivity contribution >= 4 is 28.5 Å². The number of fused-ring (bicyclic) bond motifs is 1. The summed E-state index contributed by atoms with van der Waals surface area (Å²) in [5.41, 5.74) is 5.76. The van der Waals surface area contributed by atoms with Gasteiger partial charge in [0.05, 0.1) is 41.9 Å². The summed E-state index contributed by atoms with van der Waals surface area (Å²) in [5, 5.41) is 8.69. The standard InChI is InChI=1S/C40H37N5O2/c41-45-39(30-42-35-19-11-4-12-20-35)38-23-21-31-29-36(22-24-37(31)44-38)47-28-27-46-26-25-43-40(32-13-5-1-6-14-32,33-15-7-2-8-16-33)34-17-9-3-10-18-34/h1-24,29-30,43H,25-28,41H2. The largest absolute Gasteiger partial charge is 0.491 e. The van der Waals surface area contributed by atoms with Crippen LogP contribution in [0.2, 0.25) is 0 Å². The van der Waals surface area contributed by atoms with Crippen LogP contribution in [0.3, 0.4) is 0 Å². The van der Waals surface area contributed by atoms with Crippen LogP contribution in [0.15, 0.2) is 162 Å². The van der Waals surface area contributed by atoms with Gasteiger partial charge in [0.15, 0.2) is 0 Å². The van der Waals surface area contributed by atoms with Crippen LogP contribution in [0.25, 0.3) is 10.9 Å². The van der Waals surface area contributed by atoms with Crippen molar-refractivity contribution in [3.63, 3.8) is 0 Å². The first-order chi connectivity index (χ1) is 23.3. The van der Waals surface area contributed by atoms with Crippen molar-refractivity contribution in [2.75, 3.05) is 26.4 Å². The molecule has 0 spiro atoms. The second kappa shape index (κ2) is 15.6. The number of pyridine rings is 1. The molecule has 1 aromatic heterocycles. The smallest absolute Gasteiger partial charge is 0.127 e. The number of benzene rings is 5. The molecule has 1 heterocycles. The highest BCUT2D eigenvalue weighted by Gasteiger charge is 2.35. The van der Waals surface area contributed by atoms with Gasteiger partial charge in [-0.1, -0.05) is 115 Å². The Bertz CT molecular complexity index is 1820. The van der Waals surface area contributed by atoms with Gasteiger partial charge in [0.1, 0.15) is 18.1 Å². The molecule has 0 aliphatic heterocycles. The number of nitrogens with two attached hydrogens (primary N) is 1. The molecule has 7 nitrogen and oxygen atoms in total. The Labute approximate surface area is 275 Å². The topological polar surface area (TPSA) is 94.1 Å². The van der Waals surface area contributed by atoms with E-state index in [1.165, 1.54) is 16.7 Å². The van der Waals surface area contributed by atoms with Gasteiger partial charge in [-0.2, -0.15) is 5.10 Å². The monoisotopic (exact) mass is 619 g/mol. The fraction of sp³-hybridized carbons (Fsp3) is 0.125. The van der Waals surface area contributed by atoms with Crippen LogP contribution in [-0.4, -0.2) is 43.3 Å². The molecule has 0 aliphatic carbocycles. The normalized spacial score (nSPS) is 12.0. The molecular weight excluding hydrogens is 582 g/mol. The Morgan fingerprint density at radius 3 is 1.87 bits per heavy atom. The number of ether oxygens (including phenoxy) is 2. The van der Waals surface area contributed by atoms with E-state index in [2.05, 4.69) is 88.2 Å². The lowest BCUT2D eigenvalue weighted by molar-refractivity contribution is 0.0992. The van der Waals surface area contributed by atoms with Crippen molar-refractivity contribution in [2.24, 2.45) is 15.9 Å². The van der Waals surface area contributed by atoms with Crippen LogP contribution in [-0.2, 0) is 10.3 Å². The number of aliphatic imine (C=N–C) groups is 1. The number of nitrogens with one attached hydrogen (secondary N) is 1. The van der Waals surface area contributed by atoms with Crippen LogP contribution in [0.4, 0.5) is 5.69 Å². The van der Waals surface area contributed by atoms with Crippen molar-refractivity contribution in [1.29, 1.82) is 0 Å². The average Bonchev–Trinajstić information content (AvgIpc) is 3.14. The Hall–Kier alpha value is -5.63. The molecule has 0 atom stereocenters. The third kappa shape index (κ3) is 7.61. The molecule has 234 valence electrons. The van der Waals surface area contributed by atoms with Crippen LogP contribution in [0, 0.1) is 0 Å². The third-order valence-electron chi connectivity index (χ3n) is 7.91. The van der Waals surface area contributed by atoms with E-state index in [1.54, 1.807) is 6.21 Å². The third-order valence-corrected chi connectivity index (χ3v) is 7.91. The molecule has 6 aromatic rings. The van der Waals surface area contributed by atoms with Gasteiger partial charge >= 0.3 is 0 Å². The number of para-hydroxylation sites is 1. The predicted octanol–water partition coefficient (Wildman–Crippen LogP) is 7.28. The minimum absolute atomic E-state index is 0.429. The zero-order chi connectivity index (χ0) is 32.2. The fourth-order valence-electron chi connectivity index (χ4n) is 5.65. The molecule has 0 amide bonds. The minimum atomic E-state index is -0.520. The van der Waals surface area contributed by atoms with E-state index in [0.717, 1.165) is 22.3 Å². The average molecular weight is 620 g/mol. The minimum Gasteiger partial charge on any atom is -0.491 e. The maximum absolute atomic E-state index is 6.02. The molecule has 0 radical (unpaired) electrons. The van der Waals surface area contributed by atoms with E-state index in [0.29, 0.717) is 37.8 Å². The molecule has 5 aromatic carbocycles. The van der Waals surface area contributed by atoms with Crippen molar-refractivity contribution < 1.29 is 9.47 Å². The molecule has 0 fully saturated rings. The van der Waals surface area contributed by atoms with Gasteiger partial charge in [0.2, 0.25) is 0 Å². The Kier molecular flexibility index (Phi) is 10.4. The number of rotatable bonds is 14. The lowest BCUT2D eigenvalue weighted by Crippen LogP contribution is -2.46. The van der Waals surface area contributed by atoms with Crippen molar-refractivity contribution in [3.05, 3.63) is 174 Å².